The number of carbonyl (C=O) groups is 1. The summed E-state index contributed by atoms with van der Waals surface area (Å²) < 4.78 is 5.03. The molecule has 88 valence electrons. The molecule has 4 heteroatoms. The maximum atomic E-state index is 10.5. The maximum Gasteiger partial charge on any atom is 0.303 e. The monoisotopic (exact) mass is 224 g/mol. The van der Waals surface area contributed by atoms with E-state index in [9.17, 15) is 9.90 Å². The zero-order valence-electron chi connectivity index (χ0n) is 9.70. The molecule has 0 fully saturated rings. The summed E-state index contributed by atoms with van der Waals surface area (Å²) in [6, 6.07) is 1.74. The van der Waals surface area contributed by atoms with Gasteiger partial charge >= 0.3 is 5.97 Å². The predicted molar refractivity (Wildman–Crippen MR) is 60.1 cm³/mol. The highest BCUT2D eigenvalue weighted by molar-refractivity contribution is 5.67. The molecule has 0 saturated heterocycles. The van der Waals surface area contributed by atoms with Crippen LogP contribution in [-0.2, 0) is 11.2 Å². The lowest BCUT2D eigenvalue weighted by molar-refractivity contribution is -0.136. The van der Waals surface area contributed by atoms with E-state index in [0.717, 1.165) is 11.1 Å². The summed E-state index contributed by atoms with van der Waals surface area (Å²) in [6.45, 7) is 3.77. The first-order valence-electron chi connectivity index (χ1n) is 5.05. The Morgan fingerprint density at radius 1 is 1.44 bits per heavy atom. The molecule has 0 radical (unpaired) electrons. The molecule has 0 atom stereocenters. The molecule has 16 heavy (non-hydrogen) atoms. The van der Waals surface area contributed by atoms with Crippen LogP contribution in [0.4, 0.5) is 0 Å². The van der Waals surface area contributed by atoms with Crippen molar-refractivity contribution in [1.29, 1.82) is 0 Å². The quantitative estimate of drug-likeness (QED) is 0.821. The minimum atomic E-state index is -0.876. The van der Waals surface area contributed by atoms with E-state index < -0.39 is 5.97 Å². The third-order valence-corrected chi connectivity index (χ3v) is 2.72. The van der Waals surface area contributed by atoms with E-state index in [1.807, 2.05) is 13.8 Å². The topological polar surface area (TPSA) is 66.8 Å². The highest BCUT2D eigenvalue weighted by Gasteiger charge is 2.14. The van der Waals surface area contributed by atoms with Crippen LogP contribution in [-0.4, -0.2) is 23.3 Å². The van der Waals surface area contributed by atoms with E-state index in [-0.39, 0.29) is 12.2 Å². The molecule has 1 aromatic rings. The van der Waals surface area contributed by atoms with Gasteiger partial charge in [-0.05, 0) is 37.5 Å². The normalized spacial score (nSPS) is 10.2. The number of phenolic OH excluding ortho intramolecular Hbond substituents is 1. The third kappa shape index (κ3) is 2.45. The van der Waals surface area contributed by atoms with E-state index in [1.165, 1.54) is 7.11 Å². The van der Waals surface area contributed by atoms with Gasteiger partial charge < -0.3 is 14.9 Å². The second-order valence-electron chi connectivity index (χ2n) is 3.74. The number of aliphatic carboxylic acids is 1. The number of rotatable bonds is 4. The number of hydrogen-bond acceptors (Lipinski definition) is 3. The molecule has 0 aliphatic heterocycles. The van der Waals surface area contributed by atoms with Crippen molar-refractivity contribution in [3.05, 3.63) is 22.8 Å². The lowest BCUT2D eigenvalue weighted by Crippen LogP contribution is -2.01. The summed E-state index contributed by atoms with van der Waals surface area (Å²) in [7, 11) is 1.48. The average Bonchev–Trinajstić information content (AvgIpc) is 2.23. The first-order valence-corrected chi connectivity index (χ1v) is 5.05. The van der Waals surface area contributed by atoms with Crippen LogP contribution in [0.1, 0.15) is 23.1 Å². The molecule has 1 rings (SSSR count). The molecule has 0 saturated carbocycles. The number of ether oxygens (including phenoxy) is 1. The molecule has 0 spiro atoms. The second-order valence-corrected chi connectivity index (χ2v) is 3.74. The molecule has 0 amide bonds. The molecular formula is C12H16O4. The van der Waals surface area contributed by atoms with Gasteiger partial charge in [0.15, 0.2) is 11.5 Å². The van der Waals surface area contributed by atoms with Gasteiger partial charge in [0.25, 0.3) is 0 Å². The van der Waals surface area contributed by atoms with Crippen molar-refractivity contribution in [3.63, 3.8) is 0 Å². The zero-order chi connectivity index (χ0) is 12.3. The molecule has 0 aromatic heterocycles. The molecule has 1 aromatic carbocycles. The van der Waals surface area contributed by atoms with Crippen molar-refractivity contribution in [2.45, 2.75) is 26.7 Å². The Morgan fingerprint density at radius 3 is 2.56 bits per heavy atom. The SMILES string of the molecule is COc1cc(C)c(C)c(CCC(=O)O)c1O. The molecule has 2 N–H and O–H groups in total. The molecule has 0 aliphatic rings. The van der Waals surface area contributed by atoms with Crippen molar-refractivity contribution < 1.29 is 19.7 Å². The molecular weight excluding hydrogens is 208 g/mol. The molecule has 0 heterocycles. The number of phenols is 1. The molecule has 4 nitrogen and oxygen atoms in total. The van der Waals surface area contributed by atoms with Crippen LogP contribution in [0.25, 0.3) is 0 Å². The summed E-state index contributed by atoms with van der Waals surface area (Å²) in [6.07, 6.45) is 0.312. The standard InChI is InChI=1S/C12H16O4/c1-7-6-10(16-3)12(15)9(8(7)2)4-5-11(13)14/h6,15H,4-5H2,1-3H3,(H,13,14). The Labute approximate surface area is 94.5 Å². The highest BCUT2D eigenvalue weighted by Crippen LogP contribution is 2.35. The van der Waals surface area contributed by atoms with Crippen LogP contribution in [0.3, 0.4) is 0 Å². The Kier molecular flexibility index (Phi) is 3.77. The third-order valence-electron chi connectivity index (χ3n) is 2.72. The van der Waals surface area contributed by atoms with Crippen molar-refractivity contribution in [2.24, 2.45) is 0 Å². The molecule has 0 unspecified atom stereocenters. The lowest BCUT2D eigenvalue weighted by Gasteiger charge is -2.13. The van der Waals surface area contributed by atoms with Crippen LogP contribution >= 0.6 is 0 Å². The van der Waals surface area contributed by atoms with Gasteiger partial charge in [-0.3, -0.25) is 4.79 Å². The van der Waals surface area contributed by atoms with Gasteiger partial charge in [0, 0.05) is 12.0 Å². The van der Waals surface area contributed by atoms with Gasteiger partial charge in [-0.25, -0.2) is 0 Å². The fourth-order valence-corrected chi connectivity index (χ4v) is 1.63. The van der Waals surface area contributed by atoms with Crippen LogP contribution < -0.4 is 4.74 Å². The number of carboxylic acids is 1. The number of benzene rings is 1. The lowest BCUT2D eigenvalue weighted by atomic mass is 9.98. The van der Waals surface area contributed by atoms with Crippen LogP contribution in [0.15, 0.2) is 6.07 Å². The zero-order valence-corrected chi connectivity index (χ0v) is 9.70. The highest BCUT2D eigenvalue weighted by atomic mass is 16.5. The summed E-state index contributed by atoms with van der Waals surface area (Å²) in [5, 5.41) is 18.5. The maximum absolute atomic E-state index is 10.5. The summed E-state index contributed by atoms with van der Waals surface area (Å²) in [4.78, 5) is 10.5. The van der Waals surface area contributed by atoms with Gasteiger partial charge in [0.1, 0.15) is 0 Å². The Balaban J connectivity index is 3.14. The summed E-state index contributed by atoms with van der Waals surface area (Å²) >= 11 is 0. The number of hydrogen-bond donors (Lipinski definition) is 2. The number of methoxy groups -OCH3 is 1. The van der Waals surface area contributed by atoms with Crippen LogP contribution in [0.5, 0.6) is 11.5 Å². The van der Waals surface area contributed by atoms with E-state index in [2.05, 4.69) is 0 Å². The Bertz CT molecular complexity index is 410. The summed E-state index contributed by atoms with van der Waals surface area (Å²) in [5.41, 5.74) is 2.55. The van der Waals surface area contributed by atoms with Gasteiger partial charge in [0.2, 0.25) is 0 Å². The minimum absolute atomic E-state index is 0.001000. The van der Waals surface area contributed by atoms with Gasteiger partial charge in [-0.1, -0.05) is 0 Å². The molecule has 0 aliphatic carbocycles. The van der Waals surface area contributed by atoms with E-state index in [1.54, 1.807) is 6.07 Å². The van der Waals surface area contributed by atoms with Gasteiger partial charge in [0.05, 0.1) is 7.11 Å². The fourth-order valence-electron chi connectivity index (χ4n) is 1.63. The largest absolute Gasteiger partial charge is 0.504 e. The van der Waals surface area contributed by atoms with Crippen molar-refractivity contribution in [1.82, 2.24) is 0 Å². The Hall–Kier alpha value is -1.71. The second kappa shape index (κ2) is 4.88. The number of aromatic hydroxyl groups is 1. The predicted octanol–water partition coefficient (Wildman–Crippen LogP) is 2.03. The number of aryl methyl sites for hydroxylation is 1. The van der Waals surface area contributed by atoms with Gasteiger partial charge in [-0.15, -0.1) is 0 Å². The Morgan fingerprint density at radius 2 is 2.06 bits per heavy atom. The van der Waals surface area contributed by atoms with Crippen LogP contribution in [0, 0.1) is 13.8 Å². The van der Waals surface area contributed by atoms with Crippen LogP contribution in [0.2, 0.25) is 0 Å². The first kappa shape index (κ1) is 12.4. The average molecular weight is 224 g/mol. The molecule has 0 bridgehead atoms. The van der Waals surface area contributed by atoms with E-state index in [4.69, 9.17) is 9.84 Å². The number of carboxylic acid groups (broad SMARTS) is 1. The van der Waals surface area contributed by atoms with Gasteiger partial charge in [-0.2, -0.15) is 0 Å². The first-order chi connectivity index (χ1) is 7.47. The van der Waals surface area contributed by atoms with E-state index in [0.29, 0.717) is 17.7 Å². The van der Waals surface area contributed by atoms with Crippen molar-refractivity contribution in [2.75, 3.05) is 7.11 Å². The fraction of sp³-hybridized carbons (Fsp3) is 0.417. The minimum Gasteiger partial charge on any atom is -0.504 e. The smallest absolute Gasteiger partial charge is 0.303 e. The van der Waals surface area contributed by atoms with E-state index >= 15 is 0 Å². The summed E-state index contributed by atoms with van der Waals surface area (Å²) in [5.74, 6) is -0.436. The van der Waals surface area contributed by atoms with Crippen molar-refractivity contribution >= 4 is 5.97 Å². The van der Waals surface area contributed by atoms with Crippen molar-refractivity contribution in [3.8, 4) is 11.5 Å².